The van der Waals surface area contributed by atoms with E-state index >= 15 is 0 Å². The summed E-state index contributed by atoms with van der Waals surface area (Å²) in [5, 5.41) is 0.994. The second-order valence-electron chi connectivity index (χ2n) is 8.67. The Morgan fingerprint density at radius 1 is 1.22 bits per heavy atom. The Kier molecular flexibility index (Phi) is 8.39. The van der Waals surface area contributed by atoms with E-state index in [0.717, 1.165) is 0 Å². The van der Waals surface area contributed by atoms with Crippen LogP contribution in [0.3, 0.4) is 0 Å². The lowest BCUT2D eigenvalue weighted by molar-refractivity contribution is -0.155. The molecule has 3 rings (SSSR count). The van der Waals surface area contributed by atoms with Crippen LogP contribution in [0.4, 0.5) is 4.39 Å². The largest absolute Gasteiger partial charge is 0.489 e. The van der Waals surface area contributed by atoms with Crippen LogP contribution in [0.15, 0.2) is 36.4 Å². The lowest BCUT2D eigenvalue weighted by Crippen LogP contribution is -2.40. The second kappa shape index (κ2) is 10.8. The molecule has 1 fully saturated rings. The van der Waals surface area contributed by atoms with Gasteiger partial charge in [-0.15, -0.1) is 0 Å². The minimum absolute atomic E-state index is 0.135. The quantitative estimate of drug-likeness (QED) is 0.464. The molecule has 8 heteroatoms. The summed E-state index contributed by atoms with van der Waals surface area (Å²) in [6.45, 7) is 7.84. The molecule has 0 spiro atoms. The minimum atomic E-state index is -0.505. The van der Waals surface area contributed by atoms with E-state index in [1.54, 1.807) is 30.3 Å². The van der Waals surface area contributed by atoms with Gasteiger partial charge in [0.15, 0.2) is 0 Å². The summed E-state index contributed by atoms with van der Waals surface area (Å²) in [5.41, 5.74) is 0.598. The normalized spacial score (nSPS) is 17.2. The van der Waals surface area contributed by atoms with Gasteiger partial charge in [0.1, 0.15) is 23.8 Å². The van der Waals surface area contributed by atoms with E-state index in [4.69, 9.17) is 37.4 Å². The smallest absolute Gasteiger partial charge is 0.307 e. The van der Waals surface area contributed by atoms with Gasteiger partial charge in [0.05, 0.1) is 19.1 Å². The molecule has 0 aromatic heterocycles. The molecule has 5 nitrogen and oxygen atoms in total. The number of carbonyl (C=O) groups excluding carboxylic acids is 1. The summed E-state index contributed by atoms with van der Waals surface area (Å²) in [7, 11) is 0. The first-order valence-corrected chi connectivity index (χ1v) is 11.3. The van der Waals surface area contributed by atoms with Gasteiger partial charge in [-0.3, -0.25) is 9.69 Å². The predicted molar refractivity (Wildman–Crippen MR) is 123 cm³/mol. The number of ether oxygens (including phenoxy) is 3. The third-order valence-corrected chi connectivity index (χ3v) is 5.67. The number of hydrogen-bond donors (Lipinski definition) is 0. The van der Waals surface area contributed by atoms with Crippen molar-refractivity contribution in [2.24, 2.45) is 0 Å². The van der Waals surface area contributed by atoms with Crippen molar-refractivity contribution in [3.8, 4) is 5.75 Å². The van der Waals surface area contributed by atoms with Crippen LogP contribution < -0.4 is 4.74 Å². The van der Waals surface area contributed by atoms with Crippen LogP contribution in [0.1, 0.15) is 44.4 Å². The molecule has 0 bridgehead atoms. The van der Waals surface area contributed by atoms with Crippen molar-refractivity contribution in [2.45, 2.75) is 45.5 Å². The summed E-state index contributed by atoms with van der Waals surface area (Å²) in [6.07, 6.45) is -0.140. The van der Waals surface area contributed by atoms with Crippen LogP contribution in [0.25, 0.3) is 0 Å². The molecule has 32 heavy (non-hydrogen) atoms. The van der Waals surface area contributed by atoms with Crippen molar-refractivity contribution < 1.29 is 23.4 Å². The molecule has 1 unspecified atom stereocenters. The number of morpholine rings is 1. The van der Waals surface area contributed by atoms with Gasteiger partial charge < -0.3 is 14.2 Å². The van der Waals surface area contributed by atoms with Crippen LogP contribution in [-0.2, 0) is 20.9 Å². The van der Waals surface area contributed by atoms with E-state index in [9.17, 15) is 9.18 Å². The lowest BCUT2D eigenvalue weighted by Gasteiger charge is -2.33. The molecule has 0 amide bonds. The molecule has 0 N–H and O–H groups in total. The Labute approximate surface area is 198 Å². The first-order valence-electron chi connectivity index (χ1n) is 10.5. The van der Waals surface area contributed by atoms with Crippen LogP contribution in [0.5, 0.6) is 5.75 Å². The number of carbonyl (C=O) groups is 1. The van der Waals surface area contributed by atoms with Gasteiger partial charge in [-0.25, -0.2) is 4.39 Å². The zero-order valence-electron chi connectivity index (χ0n) is 18.5. The van der Waals surface area contributed by atoms with Gasteiger partial charge in [-0.2, -0.15) is 0 Å². The number of halogens is 3. The van der Waals surface area contributed by atoms with Gasteiger partial charge in [-0.1, -0.05) is 29.3 Å². The number of benzene rings is 2. The highest BCUT2D eigenvalue weighted by molar-refractivity contribution is 6.35. The number of hydrogen-bond acceptors (Lipinski definition) is 5. The number of nitrogens with zero attached hydrogens (tertiary/aromatic N) is 1. The number of rotatable bonds is 7. The molecule has 0 aliphatic carbocycles. The van der Waals surface area contributed by atoms with E-state index in [-0.39, 0.29) is 19.0 Å². The molecule has 1 saturated heterocycles. The van der Waals surface area contributed by atoms with Crippen LogP contribution in [0.2, 0.25) is 10.0 Å². The summed E-state index contributed by atoms with van der Waals surface area (Å²) in [4.78, 5) is 14.1. The van der Waals surface area contributed by atoms with Crippen molar-refractivity contribution in [3.63, 3.8) is 0 Å². The van der Waals surface area contributed by atoms with Crippen LogP contribution in [-0.4, -0.2) is 42.7 Å². The van der Waals surface area contributed by atoms with Crippen molar-refractivity contribution in [1.29, 1.82) is 0 Å². The van der Waals surface area contributed by atoms with Crippen LogP contribution in [0, 0.1) is 5.82 Å². The topological polar surface area (TPSA) is 48.0 Å². The van der Waals surface area contributed by atoms with Gasteiger partial charge in [-0.05, 0) is 45.0 Å². The fourth-order valence-electron chi connectivity index (χ4n) is 3.42. The number of esters is 1. The maximum Gasteiger partial charge on any atom is 0.307 e. The molecule has 2 aromatic carbocycles. The molecule has 1 aliphatic rings. The maximum absolute atomic E-state index is 14.8. The third-order valence-electron chi connectivity index (χ3n) is 4.97. The maximum atomic E-state index is 14.8. The average Bonchev–Trinajstić information content (AvgIpc) is 2.71. The van der Waals surface area contributed by atoms with E-state index in [2.05, 4.69) is 4.90 Å². The van der Waals surface area contributed by atoms with Gasteiger partial charge in [0.2, 0.25) is 0 Å². The summed E-state index contributed by atoms with van der Waals surface area (Å²) >= 11 is 12.3. The molecule has 1 heterocycles. The first kappa shape index (κ1) is 24.8. The van der Waals surface area contributed by atoms with E-state index in [1.807, 2.05) is 20.8 Å². The van der Waals surface area contributed by atoms with Crippen molar-refractivity contribution >= 4 is 29.2 Å². The van der Waals surface area contributed by atoms with Gasteiger partial charge in [0, 0.05) is 46.9 Å². The average molecular weight is 484 g/mol. The van der Waals surface area contributed by atoms with E-state index in [1.165, 1.54) is 6.07 Å². The highest BCUT2D eigenvalue weighted by atomic mass is 35.5. The Morgan fingerprint density at radius 2 is 1.94 bits per heavy atom. The third kappa shape index (κ3) is 7.07. The van der Waals surface area contributed by atoms with Crippen LogP contribution >= 0.6 is 23.2 Å². The summed E-state index contributed by atoms with van der Waals surface area (Å²) in [6, 6.07) is 9.91. The standard InChI is InChI=1S/C24H28Cl2FNO4/c1-24(2,3)32-23(29)9-10-28-11-12-30-22(14-28)17-8-7-16(13-21(17)27)31-15-18-19(25)5-4-6-20(18)26/h4-8,13,22H,9-12,14-15H2,1-3H3. The van der Waals surface area contributed by atoms with Crippen molar-refractivity contribution in [3.05, 3.63) is 63.4 Å². The Hall–Kier alpha value is -1.86. The molecule has 1 aliphatic heterocycles. The zero-order valence-corrected chi connectivity index (χ0v) is 20.0. The summed E-state index contributed by atoms with van der Waals surface area (Å²) < 4.78 is 31.7. The Bertz CT molecular complexity index is 928. The molecular formula is C24H28Cl2FNO4. The Morgan fingerprint density at radius 3 is 2.59 bits per heavy atom. The van der Waals surface area contributed by atoms with Gasteiger partial charge >= 0.3 is 5.97 Å². The minimum Gasteiger partial charge on any atom is -0.489 e. The molecule has 174 valence electrons. The predicted octanol–water partition coefficient (Wildman–Crippen LogP) is 5.82. The van der Waals surface area contributed by atoms with Gasteiger partial charge in [0.25, 0.3) is 0 Å². The molecule has 0 saturated carbocycles. The monoisotopic (exact) mass is 483 g/mol. The SMILES string of the molecule is CC(C)(C)OC(=O)CCN1CCOC(c2ccc(OCc3c(Cl)cccc3Cl)cc2F)C1. The van der Waals surface area contributed by atoms with Crippen molar-refractivity contribution in [2.75, 3.05) is 26.2 Å². The molecular weight excluding hydrogens is 456 g/mol. The second-order valence-corrected chi connectivity index (χ2v) is 9.48. The fourth-order valence-corrected chi connectivity index (χ4v) is 3.93. The van der Waals surface area contributed by atoms with E-state index < -0.39 is 17.5 Å². The zero-order chi connectivity index (χ0) is 23.3. The lowest BCUT2D eigenvalue weighted by atomic mass is 10.1. The molecule has 1 atom stereocenters. The fraction of sp³-hybridized carbons (Fsp3) is 0.458. The molecule has 2 aromatic rings. The summed E-state index contributed by atoms with van der Waals surface area (Å²) in [5.74, 6) is -0.279. The van der Waals surface area contributed by atoms with E-state index in [0.29, 0.717) is 53.2 Å². The Balaban J connectivity index is 1.57. The highest BCUT2D eigenvalue weighted by Crippen LogP contribution is 2.29. The molecule has 0 radical (unpaired) electrons. The highest BCUT2D eigenvalue weighted by Gasteiger charge is 2.26. The van der Waals surface area contributed by atoms with Crippen molar-refractivity contribution in [1.82, 2.24) is 4.90 Å². The first-order chi connectivity index (χ1) is 15.1.